The van der Waals surface area contributed by atoms with E-state index in [1.807, 2.05) is 18.3 Å². The molecule has 2 aromatic rings. The molecule has 3 nitrogen and oxygen atoms in total. The lowest BCUT2D eigenvalue weighted by Gasteiger charge is -2.27. The van der Waals surface area contributed by atoms with Gasteiger partial charge in [-0.25, -0.2) is 0 Å². The summed E-state index contributed by atoms with van der Waals surface area (Å²) in [6, 6.07) is 7.97. The lowest BCUT2D eigenvalue weighted by Crippen LogP contribution is -2.30. The number of rotatable bonds is 6. The molecule has 0 radical (unpaired) electrons. The number of halogens is 1. The third kappa shape index (κ3) is 3.62. The van der Waals surface area contributed by atoms with Crippen molar-refractivity contribution in [1.82, 2.24) is 4.98 Å². The first-order valence-electron chi connectivity index (χ1n) is 7.11. The van der Waals surface area contributed by atoms with Gasteiger partial charge in [-0.2, -0.15) is 0 Å². The number of anilines is 1. The van der Waals surface area contributed by atoms with Gasteiger partial charge < -0.3 is 10.6 Å². The van der Waals surface area contributed by atoms with Crippen LogP contribution in [0.5, 0.6) is 0 Å². The van der Waals surface area contributed by atoms with Crippen molar-refractivity contribution >= 4 is 28.2 Å². The zero-order valence-electron chi connectivity index (χ0n) is 12.1. The van der Waals surface area contributed by atoms with Crippen molar-refractivity contribution in [3.63, 3.8) is 0 Å². The Bertz CT molecular complexity index is 569. The summed E-state index contributed by atoms with van der Waals surface area (Å²) in [5, 5.41) is 1.87. The van der Waals surface area contributed by atoms with Gasteiger partial charge in [0, 0.05) is 35.4 Å². The van der Waals surface area contributed by atoms with E-state index in [1.54, 1.807) is 0 Å². The van der Waals surface area contributed by atoms with E-state index in [0.29, 0.717) is 12.5 Å². The highest BCUT2D eigenvalue weighted by Gasteiger charge is 2.12. The molecule has 0 unspecified atom stereocenters. The Kier molecular flexibility index (Phi) is 5.21. The van der Waals surface area contributed by atoms with Crippen LogP contribution in [0.2, 0.25) is 5.02 Å². The number of nitrogens with zero attached hydrogens (tertiary/aromatic N) is 2. The molecule has 0 saturated carbocycles. The van der Waals surface area contributed by atoms with Gasteiger partial charge >= 0.3 is 0 Å². The van der Waals surface area contributed by atoms with Crippen molar-refractivity contribution in [2.45, 2.75) is 20.3 Å². The summed E-state index contributed by atoms with van der Waals surface area (Å²) in [7, 11) is 0. The third-order valence-corrected chi connectivity index (χ3v) is 3.48. The van der Waals surface area contributed by atoms with Crippen LogP contribution >= 0.6 is 11.6 Å². The van der Waals surface area contributed by atoms with Crippen LogP contribution in [0, 0.1) is 5.92 Å². The molecule has 4 heteroatoms. The van der Waals surface area contributed by atoms with E-state index in [0.717, 1.165) is 35.4 Å². The maximum absolute atomic E-state index is 6.05. The Morgan fingerprint density at radius 1 is 1.30 bits per heavy atom. The fraction of sp³-hybridized carbons (Fsp3) is 0.438. The van der Waals surface area contributed by atoms with Gasteiger partial charge in [0.2, 0.25) is 0 Å². The molecule has 20 heavy (non-hydrogen) atoms. The summed E-state index contributed by atoms with van der Waals surface area (Å²) in [5.74, 6) is 0.600. The van der Waals surface area contributed by atoms with Gasteiger partial charge in [-0.3, -0.25) is 4.98 Å². The molecule has 2 rings (SSSR count). The summed E-state index contributed by atoms with van der Waals surface area (Å²) >= 11 is 6.05. The van der Waals surface area contributed by atoms with Crippen molar-refractivity contribution in [3.8, 4) is 0 Å². The number of pyridine rings is 1. The fourth-order valence-corrected chi connectivity index (χ4v) is 2.58. The van der Waals surface area contributed by atoms with Gasteiger partial charge in [-0.1, -0.05) is 25.4 Å². The Morgan fingerprint density at radius 3 is 2.80 bits per heavy atom. The monoisotopic (exact) mass is 291 g/mol. The van der Waals surface area contributed by atoms with Gasteiger partial charge in [0.25, 0.3) is 0 Å². The summed E-state index contributed by atoms with van der Waals surface area (Å²) in [4.78, 5) is 6.81. The first-order chi connectivity index (χ1) is 9.61. The smallest absolute Gasteiger partial charge is 0.0737 e. The quantitative estimate of drug-likeness (QED) is 0.882. The maximum atomic E-state index is 6.05. The molecule has 0 bridgehead atoms. The minimum Gasteiger partial charge on any atom is -0.371 e. The Balaban J connectivity index is 2.41. The lowest BCUT2D eigenvalue weighted by atomic mass is 10.1. The number of benzene rings is 1. The summed E-state index contributed by atoms with van der Waals surface area (Å²) in [6.07, 6.45) is 2.84. The number of aromatic nitrogens is 1. The van der Waals surface area contributed by atoms with Gasteiger partial charge in [0.05, 0.1) is 5.52 Å². The highest BCUT2D eigenvalue weighted by atomic mass is 35.5. The molecule has 1 aromatic heterocycles. The van der Waals surface area contributed by atoms with Crippen molar-refractivity contribution < 1.29 is 0 Å². The largest absolute Gasteiger partial charge is 0.371 e. The second-order valence-corrected chi connectivity index (χ2v) is 5.91. The second kappa shape index (κ2) is 6.91. The standard InChI is InChI=1S/C16H22ClN3/c1-12(2)11-20(9-3-7-18)16-6-8-19-15-10-13(17)4-5-14(15)16/h4-6,8,10,12H,3,7,9,11,18H2,1-2H3. The van der Waals surface area contributed by atoms with Crippen LogP contribution in [0.3, 0.4) is 0 Å². The normalized spacial score (nSPS) is 11.2. The SMILES string of the molecule is CC(C)CN(CCCN)c1ccnc2cc(Cl)ccc12. The van der Waals surface area contributed by atoms with Gasteiger partial charge in [-0.05, 0) is 43.1 Å². The Morgan fingerprint density at radius 2 is 2.10 bits per heavy atom. The van der Waals surface area contributed by atoms with E-state index in [9.17, 15) is 0 Å². The molecular formula is C16H22ClN3. The molecule has 2 N–H and O–H groups in total. The highest BCUT2D eigenvalue weighted by molar-refractivity contribution is 6.31. The highest BCUT2D eigenvalue weighted by Crippen LogP contribution is 2.28. The molecule has 0 aliphatic rings. The van der Waals surface area contributed by atoms with Crippen molar-refractivity contribution in [3.05, 3.63) is 35.5 Å². The molecule has 0 aliphatic heterocycles. The van der Waals surface area contributed by atoms with Crippen LogP contribution in [0.4, 0.5) is 5.69 Å². The molecule has 0 fully saturated rings. The topological polar surface area (TPSA) is 42.1 Å². The average Bonchev–Trinajstić information content (AvgIpc) is 2.42. The Hall–Kier alpha value is -1.32. The van der Waals surface area contributed by atoms with Crippen LogP contribution in [0.15, 0.2) is 30.5 Å². The van der Waals surface area contributed by atoms with Crippen LogP contribution in [0.1, 0.15) is 20.3 Å². The Labute approximate surface area is 125 Å². The van der Waals surface area contributed by atoms with E-state index in [4.69, 9.17) is 17.3 Å². The van der Waals surface area contributed by atoms with Crippen LogP contribution in [0.25, 0.3) is 10.9 Å². The zero-order valence-corrected chi connectivity index (χ0v) is 12.9. The summed E-state index contributed by atoms with van der Waals surface area (Å²) in [5.41, 5.74) is 7.82. The molecule has 0 aliphatic carbocycles. The van der Waals surface area contributed by atoms with Gasteiger partial charge in [0.1, 0.15) is 0 Å². The summed E-state index contributed by atoms with van der Waals surface area (Å²) < 4.78 is 0. The first kappa shape index (κ1) is 15.1. The molecule has 0 saturated heterocycles. The van der Waals surface area contributed by atoms with Crippen molar-refractivity contribution in [2.24, 2.45) is 11.7 Å². The summed E-state index contributed by atoms with van der Waals surface area (Å²) in [6.45, 7) is 7.16. The number of nitrogens with two attached hydrogens (primary N) is 1. The minimum atomic E-state index is 0.600. The lowest BCUT2D eigenvalue weighted by molar-refractivity contribution is 0.602. The molecule has 0 atom stereocenters. The second-order valence-electron chi connectivity index (χ2n) is 5.47. The van der Waals surface area contributed by atoms with Crippen molar-refractivity contribution in [2.75, 3.05) is 24.5 Å². The van der Waals surface area contributed by atoms with E-state index >= 15 is 0 Å². The average molecular weight is 292 g/mol. The van der Waals surface area contributed by atoms with E-state index < -0.39 is 0 Å². The zero-order chi connectivity index (χ0) is 14.5. The van der Waals surface area contributed by atoms with Gasteiger partial charge in [0.15, 0.2) is 0 Å². The minimum absolute atomic E-state index is 0.600. The van der Waals surface area contributed by atoms with E-state index in [2.05, 4.69) is 35.9 Å². The van der Waals surface area contributed by atoms with E-state index in [-0.39, 0.29) is 0 Å². The number of hydrogen-bond acceptors (Lipinski definition) is 3. The molecule has 108 valence electrons. The molecule has 1 aromatic carbocycles. The van der Waals surface area contributed by atoms with Crippen LogP contribution in [-0.4, -0.2) is 24.6 Å². The first-order valence-corrected chi connectivity index (χ1v) is 7.49. The molecule has 0 spiro atoms. The van der Waals surface area contributed by atoms with Gasteiger partial charge in [-0.15, -0.1) is 0 Å². The van der Waals surface area contributed by atoms with Crippen LogP contribution < -0.4 is 10.6 Å². The molecule has 0 amide bonds. The predicted octanol–water partition coefficient (Wildman–Crippen LogP) is 3.70. The van der Waals surface area contributed by atoms with Crippen LogP contribution in [-0.2, 0) is 0 Å². The number of hydrogen-bond donors (Lipinski definition) is 1. The molecule has 1 heterocycles. The van der Waals surface area contributed by atoms with Crippen molar-refractivity contribution in [1.29, 1.82) is 0 Å². The maximum Gasteiger partial charge on any atom is 0.0737 e. The number of fused-ring (bicyclic) bond motifs is 1. The fourth-order valence-electron chi connectivity index (χ4n) is 2.41. The van der Waals surface area contributed by atoms with E-state index in [1.165, 1.54) is 5.69 Å². The third-order valence-electron chi connectivity index (χ3n) is 3.24. The molecular weight excluding hydrogens is 270 g/mol. The predicted molar refractivity (Wildman–Crippen MR) is 87.5 cm³/mol.